The highest BCUT2D eigenvalue weighted by Crippen LogP contribution is 2.59. The molecule has 0 radical (unpaired) electrons. The Balaban J connectivity index is 1.41. The molecule has 5 heteroatoms. The fourth-order valence-corrected chi connectivity index (χ4v) is 4.62. The summed E-state index contributed by atoms with van der Waals surface area (Å²) in [5, 5.41) is 0. The van der Waals surface area contributed by atoms with Gasteiger partial charge in [0.15, 0.2) is 5.78 Å². The monoisotopic (exact) mass is 346 g/mol. The number of hydrogen-bond donors (Lipinski definition) is 0. The number of para-hydroxylation sites is 1. The largest absolute Gasteiger partial charge is 0.493 e. The van der Waals surface area contributed by atoms with Gasteiger partial charge >= 0.3 is 0 Å². The number of epoxide rings is 2. The predicted molar refractivity (Wildman–Crippen MR) is 91.6 cm³/mol. The fourth-order valence-electron chi connectivity index (χ4n) is 4.62. The third-order valence-electron chi connectivity index (χ3n) is 6.04. The molecule has 0 aromatic heterocycles. The Hall–Kier alpha value is -1.43. The smallest absolute Gasteiger partial charge is 0.164 e. The van der Waals surface area contributed by atoms with Gasteiger partial charge in [-0.1, -0.05) is 25.1 Å². The first-order valence-corrected chi connectivity index (χ1v) is 9.06. The van der Waals surface area contributed by atoms with Crippen LogP contribution in [0.2, 0.25) is 0 Å². The molecule has 0 bridgehead atoms. The van der Waals surface area contributed by atoms with Crippen LogP contribution in [-0.4, -0.2) is 49.5 Å². The minimum atomic E-state index is -0.448. The van der Waals surface area contributed by atoms with Gasteiger partial charge in [-0.2, -0.15) is 0 Å². The number of rotatable bonds is 6. The van der Waals surface area contributed by atoms with E-state index in [4.69, 9.17) is 18.9 Å². The molecule has 2 aliphatic heterocycles. The molecule has 1 saturated carbocycles. The third kappa shape index (κ3) is 2.88. The van der Waals surface area contributed by atoms with Gasteiger partial charge in [-0.05, 0) is 25.5 Å². The average Bonchev–Trinajstić information content (AvgIpc) is 3.51. The molecule has 1 aliphatic carbocycles. The lowest BCUT2D eigenvalue weighted by atomic mass is 9.66. The van der Waals surface area contributed by atoms with Gasteiger partial charge in [0.05, 0.1) is 25.2 Å². The van der Waals surface area contributed by atoms with E-state index in [0.29, 0.717) is 13.2 Å². The van der Waals surface area contributed by atoms with E-state index in [2.05, 4.69) is 6.92 Å². The summed E-state index contributed by atoms with van der Waals surface area (Å²) >= 11 is 0. The first-order chi connectivity index (χ1) is 12.0. The Labute approximate surface area is 148 Å². The van der Waals surface area contributed by atoms with Crippen LogP contribution in [0.5, 0.6) is 5.75 Å². The lowest BCUT2D eigenvalue weighted by molar-refractivity contribution is -0.148. The Kier molecular flexibility index (Phi) is 4.13. The molecule has 25 heavy (non-hydrogen) atoms. The van der Waals surface area contributed by atoms with E-state index in [1.54, 1.807) is 7.11 Å². The van der Waals surface area contributed by atoms with Gasteiger partial charge in [-0.3, -0.25) is 4.79 Å². The van der Waals surface area contributed by atoms with Crippen LogP contribution in [0.3, 0.4) is 0 Å². The molecule has 136 valence electrons. The van der Waals surface area contributed by atoms with Crippen LogP contribution < -0.4 is 4.74 Å². The van der Waals surface area contributed by atoms with E-state index in [0.717, 1.165) is 18.6 Å². The van der Waals surface area contributed by atoms with Crippen LogP contribution in [0.1, 0.15) is 26.7 Å². The second-order valence-corrected chi connectivity index (χ2v) is 7.74. The molecular weight excluding hydrogens is 320 g/mol. The van der Waals surface area contributed by atoms with Crippen molar-refractivity contribution in [2.45, 2.75) is 50.1 Å². The van der Waals surface area contributed by atoms with Gasteiger partial charge in [0.1, 0.15) is 23.1 Å². The highest BCUT2D eigenvalue weighted by molar-refractivity contribution is 5.87. The molecule has 5 nitrogen and oxygen atoms in total. The molecule has 2 saturated heterocycles. The lowest BCUT2D eigenvalue weighted by Crippen LogP contribution is -2.55. The maximum atomic E-state index is 12.6. The second kappa shape index (κ2) is 6.08. The molecule has 4 rings (SSSR count). The number of methoxy groups -OCH3 is 1. The van der Waals surface area contributed by atoms with Crippen molar-refractivity contribution in [2.24, 2.45) is 11.8 Å². The number of carbonyl (C=O) groups is 1. The van der Waals surface area contributed by atoms with E-state index in [9.17, 15) is 4.79 Å². The number of ketones is 1. The van der Waals surface area contributed by atoms with E-state index in [-0.39, 0.29) is 34.9 Å². The Morgan fingerprint density at radius 1 is 1.28 bits per heavy atom. The lowest BCUT2D eigenvalue weighted by Gasteiger charge is -2.40. The molecule has 3 aliphatic rings. The zero-order valence-electron chi connectivity index (χ0n) is 15.1. The van der Waals surface area contributed by atoms with Crippen molar-refractivity contribution in [3.8, 4) is 5.75 Å². The van der Waals surface area contributed by atoms with Crippen LogP contribution in [0, 0.1) is 11.8 Å². The summed E-state index contributed by atoms with van der Waals surface area (Å²) in [5.74, 6) is 0.967. The molecule has 0 N–H and O–H groups in total. The quantitative estimate of drug-likeness (QED) is 0.741. The molecule has 6 atom stereocenters. The second-order valence-electron chi connectivity index (χ2n) is 7.74. The van der Waals surface area contributed by atoms with Crippen molar-refractivity contribution >= 4 is 5.78 Å². The third-order valence-corrected chi connectivity index (χ3v) is 6.04. The van der Waals surface area contributed by atoms with E-state index in [1.807, 2.05) is 37.3 Å². The summed E-state index contributed by atoms with van der Waals surface area (Å²) in [6, 6.07) is 9.78. The topological polar surface area (TPSA) is 60.6 Å². The van der Waals surface area contributed by atoms with E-state index in [1.165, 1.54) is 0 Å². The molecule has 2 heterocycles. The van der Waals surface area contributed by atoms with Gasteiger partial charge in [0, 0.05) is 19.4 Å². The summed E-state index contributed by atoms with van der Waals surface area (Å²) in [6.07, 6.45) is 1.18. The number of benzene rings is 1. The van der Waals surface area contributed by atoms with Crippen molar-refractivity contribution in [1.29, 1.82) is 0 Å². The summed E-state index contributed by atoms with van der Waals surface area (Å²) < 4.78 is 23.3. The maximum Gasteiger partial charge on any atom is 0.164 e. The highest BCUT2D eigenvalue weighted by atomic mass is 16.6. The normalized spacial score (nSPS) is 42.4. The molecule has 0 unspecified atom stereocenters. The van der Waals surface area contributed by atoms with Crippen molar-refractivity contribution in [2.75, 3.05) is 20.3 Å². The summed E-state index contributed by atoms with van der Waals surface area (Å²) in [6.45, 7) is 5.34. The minimum absolute atomic E-state index is 0.0223. The van der Waals surface area contributed by atoms with Gasteiger partial charge < -0.3 is 18.9 Å². The molecule has 1 aromatic rings. The van der Waals surface area contributed by atoms with Gasteiger partial charge in [-0.25, -0.2) is 0 Å². The molecule has 3 fully saturated rings. The Morgan fingerprint density at radius 3 is 2.64 bits per heavy atom. The van der Waals surface area contributed by atoms with Crippen molar-refractivity contribution in [3.63, 3.8) is 0 Å². The first-order valence-electron chi connectivity index (χ1n) is 9.06. The minimum Gasteiger partial charge on any atom is -0.493 e. The van der Waals surface area contributed by atoms with Crippen LogP contribution in [-0.2, 0) is 19.0 Å². The zero-order valence-corrected chi connectivity index (χ0v) is 15.1. The zero-order chi connectivity index (χ0) is 17.7. The predicted octanol–water partition coefficient (Wildman–Crippen LogP) is 2.62. The Bertz CT molecular complexity index is 641. The van der Waals surface area contributed by atoms with Gasteiger partial charge in [-0.15, -0.1) is 0 Å². The SMILES string of the molecule is CO[C@@H]1C(=O)[C@@H](C)C[C@]2(CO2)[C@H]1[C@@]1(C)O[C@@H]1CCOc1ccccc1. The summed E-state index contributed by atoms with van der Waals surface area (Å²) in [7, 11) is 1.61. The fraction of sp³-hybridized carbons (Fsp3) is 0.650. The molecule has 0 amide bonds. The highest BCUT2D eigenvalue weighted by Gasteiger charge is 2.72. The van der Waals surface area contributed by atoms with Crippen molar-refractivity contribution in [3.05, 3.63) is 30.3 Å². The maximum absolute atomic E-state index is 12.6. The number of ether oxygens (including phenoxy) is 4. The molecule has 1 spiro atoms. The number of Topliss-reactive ketones (excluding diaryl/α,β-unsaturated/α-hetero) is 1. The first kappa shape index (κ1) is 17.0. The number of carbonyl (C=O) groups excluding carboxylic acids is 1. The average molecular weight is 346 g/mol. The van der Waals surface area contributed by atoms with Crippen molar-refractivity contribution < 1.29 is 23.7 Å². The van der Waals surface area contributed by atoms with Crippen LogP contribution >= 0.6 is 0 Å². The molecule has 1 aromatic carbocycles. The summed E-state index contributed by atoms with van der Waals surface area (Å²) in [5.41, 5.74) is -0.634. The number of hydrogen-bond acceptors (Lipinski definition) is 5. The Morgan fingerprint density at radius 2 is 2.00 bits per heavy atom. The van der Waals surface area contributed by atoms with E-state index < -0.39 is 6.10 Å². The van der Waals surface area contributed by atoms with Gasteiger partial charge in [0.25, 0.3) is 0 Å². The molecular formula is C20H26O5. The summed E-state index contributed by atoms with van der Waals surface area (Å²) in [4.78, 5) is 12.6. The van der Waals surface area contributed by atoms with Crippen molar-refractivity contribution in [1.82, 2.24) is 0 Å². The van der Waals surface area contributed by atoms with Crippen LogP contribution in [0.15, 0.2) is 30.3 Å². The van der Waals surface area contributed by atoms with Crippen LogP contribution in [0.4, 0.5) is 0 Å². The van der Waals surface area contributed by atoms with Crippen LogP contribution in [0.25, 0.3) is 0 Å². The van der Waals surface area contributed by atoms with E-state index >= 15 is 0 Å². The van der Waals surface area contributed by atoms with Gasteiger partial charge in [0.2, 0.25) is 0 Å². The standard InChI is InChI=1S/C20H26O5/c1-13-11-20(12-24-20)18(17(22-3)16(13)21)19(2)15(25-19)9-10-23-14-7-5-4-6-8-14/h4-8,13,15,17-18H,9-12H2,1-3H3/t13-,15+,17+,18+,19-,20-/m0/s1.